The molecule has 1 heterocycles. The molecule has 22 heavy (non-hydrogen) atoms. The SMILES string of the molecule is O=C(NNC(=O)c1ccccc1C(F)(F)F)c1cccnc1. The van der Waals surface area contributed by atoms with Crippen LogP contribution in [0.4, 0.5) is 13.2 Å². The Bertz CT molecular complexity index is 687. The Kier molecular flexibility index (Phi) is 4.40. The summed E-state index contributed by atoms with van der Waals surface area (Å²) in [5.41, 5.74) is 2.47. The number of hydrazine groups is 1. The van der Waals surface area contributed by atoms with Crippen molar-refractivity contribution in [2.75, 3.05) is 0 Å². The molecule has 1 aromatic carbocycles. The summed E-state index contributed by atoms with van der Waals surface area (Å²) in [5, 5.41) is 0. The number of alkyl halides is 3. The largest absolute Gasteiger partial charge is 0.417 e. The molecule has 0 aliphatic carbocycles. The lowest BCUT2D eigenvalue weighted by Crippen LogP contribution is -2.42. The van der Waals surface area contributed by atoms with Crippen LogP contribution in [0.1, 0.15) is 26.3 Å². The third-order valence-electron chi connectivity index (χ3n) is 2.69. The number of nitrogens with one attached hydrogen (secondary N) is 2. The highest BCUT2D eigenvalue weighted by atomic mass is 19.4. The van der Waals surface area contributed by atoms with Gasteiger partial charge >= 0.3 is 6.18 Å². The quantitative estimate of drug-likeness (QED) is 0.835. The molecule has 0 atom stereocenters. The number of halogens is 3. The molecule has 2 aromatic rings. The Morgan fingerprint density at radius 2 is 1.64 bits per heavy atom. The Morgan fingerprint density at radius 3 is 2.27 bits per heavy atom. The molecule has 0 spiro atoms. The van der Waals surface area contributed by atoms with Gasteiger partial charge in [-0.15, -0.1) is 0 Å². The summed E-state index contributed by atoms with van der Waals surface area (Å²) in [6.07, 6.45) is -1.96. The molecule has 0 bridgehead atoms. The summed E-state index contributed by atoms with van der Waals surface area (Å²) in [5.74, 6) is -1.75. The van der Waals surface area contributed by atoms with Crippen LogP contribution in [0.5, 0.6) is 0 Å². The zero-order valence-electron chi connectivity index (χ0n) is 11.0. The van der Waals surface area contributed by atoms with Crippen LogP contribution >= 0.6 is 0 Å². The van der Waals surface area contributed by atoms with Crippen molar-refractivity contribution < 1.29 is 22.8 Å². The Labute approximate surface area is 123 Å². The number of hydrogen-bond donors (Lipinski definition) is 2. The van der Waals surface area contributed by atoms with Crippen molar-refractivity contribution in [2.24, 2.45) is 0 Å². The lowest BCUT2D eigenvalue weighted by atomic mass is 10.1. The fourth-order valence-corrected chi connectivity index (χ4v) is 1.68. The highest BCUT2D eigenvalue weighted by molar-refractivity contribution is 5.99. The number of amides is 2. The van der Waals surface area contributed by atoms with Crippen LogP contribution in [-0.4, -0.2) is 16.8 Å². The molecule has 0 saturated heterocycles. The van der Waals surface area contributed by atoms with E-state index in [1.54, 1.807) is 0 Å². The molecule has 2 amide bonds. The topological polar surface area (TPSA) is 71.1 Å². The van der Waals surface area contributed by atoms with Gasteiger partial charge in [-0.05, 0) is 24.3 Å². The van der Waals surface area contributed by atoms with Crippen LogP contribution in [0, 0.1) is 0 Å². The van der Waals surface area contributed by atoms with Crippen LogP contribution < -0.4 is 10.9 Å². The van der Waals surface area contributed by atoms with E-state index in [1.807, 2.05) is 10.9 Å². The van der Waals surface area contributed by atoms with Gasteiger partial charge in [-0.3, -0.25) is 25.4 Å². The average molecular weight is 309 g/mol. The molecular weight excluding hydrogens is 299 g/mol. The number of rotatable bonds is 2. The maximum atomic E-state index is 12.8. The average Bonchev–Trinajstić information content (AvgIpc) is 2.52. The van der Waals surface area contributed by atoms with Gasteiger partial charge in [0.1, 0.15) is 0 Å². The van der Waals surface area contributed by atoms with Gasteiger partial charge in [0.15, 0.2) is 0 Å². The van der Waals surface area contributed by atoms with Gasteiger partial charge in [0.25, 0.3) is 11.8 Å². The second-order valence-electron chi connectivity index (χ2n) is 4.19. The van der Waals surface area contributed by atoms with Gasteiger partial charge in [-0.2, -0.15) is 13.2 Å². The van der Waals surface area contributed by atoms with Gasteiger partial charge in [0.2, 0.25) is 0 Å². The molecule has 0 unspecified atom stereocenters. The van der Waals surface area contributed by atoms with Crippen molar-refractivity contribution in [2.45, 2.75) is 6.18 Å². The van der Waals surface area contributed by atoms with Crippen molar-refractivity contribution >= 4 is 11.8 Å². The van der Waals surface area contributed by atoms with Crippen molar-refractivity contribution in [3.63, 3.8) is 0 Å². The minimum atomic E-state index is -4.67. The fourth-order valence-electron chi connectivity index (χ4n) is 1.68. The summed E-state index contributed by atoms with van der Waals surface area (Å²) in [7, 11) is 0. The molecule has 0 fully saturated rings. The number of benzene rings is 1. The number of aromatic nitrogens is 1. The van der Waals surface area contributed by atoms with Gasteiger partial charge in [-0.1, -0.05) is 12.1 Å². The monoisotopic (exact) mass is 309 g/mol. The lowest BCUT2D eigenvalue weighted by Gasteiger charge is -2.13. The molecule has 0 aliphatic rings. The molecule has 8 heteroatoms. The summed E-state index contributed by atoms with van der Waals surface area (Å²) < 4.78 is 38.4. The summed E-state index contributed by atoms with van der Waals surface area (Å²) in [4.78, 5) is 27.2. The summed E-state index contributed by atoms with van der Waals surface area (Å²) >= 11 is 0. The predicted molar refractivity (Wildman–Crippen MR) is 70.6 cm³/mol. The minimum Gasteiger partial charge on any atom is -0.267 e. The summed E-state index contributed by atoms with van der Waals surface area (Å²) in [6.45, 7) is 0. The Balaban J connectivity index is 2.09. The molecule has 114 valence electrons. The normalized spacial score (nSPS) is 10.9. The van der Waals surface area contributed by atoms with Gasteiger partial charge in [-0.25, -0.2) is 0 Å². The number of nitrogens with zero attached hydrogens (tertiary/aromatic N) is 1. The van der Waals surface area contributed by atoms with E-state index < -0.39 is 29.1 Å². The minimum absolute atomic E-state index is 0.159. The second kappa shape index (κ2) is 6.25. The molecule has 0 aliphatic heterocycles. The van der Waals surface area contributed by atoms with Gasteiger partial charge in [0, 0.05) is 12.4 Å². The van der Waals surface area contributed by atoms with E-state index in [0.717, 1.165) is 12.1 Å². The van der Waals surface area contributed by atoms with Crippen LogP contribution in [0.25, 0.3) is 0 Å². The first kappa shape index (κ1) is 15.5. The van der Waals surface area contributed by atoms with E-state index in [2.05, 4.69) is 4.98 Å². The molecule has 2 N–H and O–H groups in total. The van der Waals surface area contributed by atoms with Crippen molar-refractivity contribution in [3.8, 4) is 0 Å². The predicted octanol–water partition coefficient (Wildman–Crippen LogP) is 2.18. The lowest BCUT2D eigenvalue weighted by molar-refractivity contribution is -0.137. The van der Waals surface area contributed by atoms with Crippen LogP contribution in [-0.2, 0) is 6.18 Å². The molecule has 2 rings (SSSR count). The maximum Gasteiger partial charge on any atom is 0.417 e. The first-order chi connectivity index (χ1) is 10.4. The maximum absolute atomic E-state index is 12.8. The first-order valence-corrected chi connectivity index (χ1v) is 6.06. The van der Waals surface area contributed by atoms with E-state index >= 15 is 0 Å². The molecular formula is C14H10F3N3O2. The van der Waals surface area contributed by atoms with E-state index in [1.165, 1.54) is 36.7 Å². The highest BCUT2D eigenvalue weighted by Gasteiger charge is 2.34. The third-order valence-corrected chi connectivity index (χ3v) is 2.69. The Morgan fingerprint density at radius 1 is 0.955 bits per heavy atom. The fraction of sp³-hybridized carbons (Fsp3) is 0.0714. The van der Waals surface area contributed by atoms with Crippen LogP contribution in [0.15, 0.2) is 48.8 Å². The van der Waals surface area contributed by atoms with Crippen LogP contribution in [0.2, 0.25) is 0 Å². The van der Waals surface area contributed by atoms with E-state index in [4.69, 9.17) is 0 Å². The molecule has 5 nitrogen and oxygen atoms in total. The number of carbonyl (C=O) groups is 2. The standard InChI is InChI=1S/C14H10F3N3O2/c15-14(16,17)11-6-2-1-5-10(11)13(22)20-19-12(21)9-4-3-7-18-8-9/h1-8H,(H,19,21)(H,20,22). The third kappa shape index (κ3) is 3.60. The van der Waals surface area contributed by atoms with Gasteiger partial charge < -0.3 is 0 Å². The van der Waals surface area contributed by atoms with Crippen molar-refractivity contribution in [1.82, 2.24) is 15.8 Å². The molecule has 0 saturated carbocycles. The zero-order chi connectivity index (χ0) is 16.2. The van der Waals surface area contributed by atoms with Crippen molar-refractivity contribution in [3.05, 3.63) is 65.5 Å². The van der Waals surface area contributed by atoms with E-state index in [-0.39, 0.29) is 5.56 Å². The van der Waals surface area contributed by atoms with Gasteiger partial charge in [0.05, 0.1) is 16.7 Å². The molecule has 0 radical (unpaired) electrons. The van der Waals surface area contributed by atoms with Crippen LogP contribution in [0.3, 0.4) is 0 Å². The first-order valence-electron chi connectivity index (χ1n) is 6.06. The van der Waals surface area contributed by atoms with Crippen molar-refractivity contribution in [1.29, 1.82) is 0 Å². The van der Waals surface area contributed by atoms with E-state index in [0.29, 0.717) is 0 Å². The smallest absolute Gasteiger partial charge is 0.267 e. The number of carbonyl (C=O) groups excluding carboxylic acids is 2. The summed E-state index contributed by atoms with van der Waals surface area (Å²) in [6, 6.07) is 7.24. The number of hydrogen-bond acceptors (Lipinski definition) is 3. The Hall–Kier alpha value is -2.90. The second-order valence-corrected chi connectivity index (χ2v) is 4.19. The molecule has 1 aromatic heterocycles. The zero-order valence-corrected chi connectivity index (χ0v) is 11.0. The highest BCUT2D eigenvalue weighted by Crippen LogP contribution is 2.31. The van der Waals surface area contributed by atoms with E-state index in [9.17, 15) is 22.8 Å². The number of pyridine rings is 1.